The van der Waals surface area contributed by atoms with Crippen molar-refractivity contribution in [1.82, 2.24) is 5.32 Å². The third kappa shape index (κ3) is 7.80. The largest absolute Gasteiger partial charge is 0.310 e. The van der Waals surface area contributed by atoms with Crippen LogP contribution in [0.1, 0.15) is 83.2 Å². The number of hydrogen-bond donors (Lipinski definition) is 1. The summed E-state index contributed by atoms with van der Waals surface area (Å²) < 4.78 is 1.24. The van der Waals surface area contributed by atoms with Gasteiger partial charge in [-0.1, -0.05) is 65.2 Å². The van der Waals surface area contributed by atoms with Gasteiger partial charge in [0.2, 0.25) is 0 Å². The molecule has 1 unspecified atom stereocenters. The first-order chi connectivity index (χ1) is 9.77. The highest BCUT2D eigenvalue weighted by atomic mass is 79.9. The standard InChI is InChI=1S/C17H30BrNS/c1-3-5-6-7-8-9-10-11-12-16(19-4-2)15-13-17(18)20-14-15/h13-14,16,19H,3-12H2,1-2H3. The molecule has 0 saturated carbocycles. The van der Waals surface area contributed by atoms with Crippen molar-refractivity contribution in [3.63, 3.8) is 0 Å². The minimum absolute atomic E-state index is 0.544. The lowest BCUT2D eigenvalue weighted by Crippen LogP contribution is -2.20. The van der Waals surface area contributed by atoms with E-state index in [4.69, 9.17) is 0 Å². The van der Waals surface area contributed by atoms with Crippen LogP contribution in [0.2, 0.25) is 0 Å². The summed E-state index contributed by atoms with van der Waals surface area (Å²) in [7, 11) is 0. The average molecular weight is 360 g/mol. The first-order valence-electron chi connectivity index (χ1n) is 8.25. The summed E-state index contributed by atoms with van der Waals surface area (Å²) in [4.78, 5) is 0. The van der Waals surface area contributed by atoms with E-state index in [1.54, 1.807) is 11.3 Å². The molecule has 0 bridgehead atoms. The molecule has 0 fully saturated rings. The molecule has 20 heavy (non-hydrogen) atoms. The van der Waals surface area contributed by atoms with E-state index in [-0.39, 0.29) is 0 Å². The summed E-state index contributed by atoms with van der Waals surface area (Å²) in [6.45, 7) is 5.53. The number of hydrogen-bond acceptors (Lipinski definition) is 2. The molecule has 1 heterocycles. The van der Waals surface area contributed by atoms with Crippen molar-refractivity contribution in [1.29, 1.82) is 0 Å². The third-order valence-corrected chi connectivity index (χ3v) is 5.31. The maximum absolute atomic E-state index is 3.62. The van der Waals surface area contributed by atoms with E-state index in [1.165, 1.54) is 67.1 Å². The van der Waals surface area contributed by atoms with E-state index in [1.807, 2.05) is 0 Å². The summed E-state index contributed by atoms with van der Waals surface area (Å²) in [5, 5.41) is 5.90. The van der Waals surface area contributed by atoms with Crippen LogP contribution in [0, 0.1) is 0 Å². The molecule has 0 aliphatic rings. The van der Waals surface area contributed by atoms with Gasteiger partial charge in [0.1, 0.15) is 0 Å². The molecule has 0 spiro atoms. The maximum Gasteiger partial charge on any atom is 0.0701 e. The van der Waals surface area contributed by atoms with E-state index in [0.29, 0.717) is 6.04 Å². The minimum Gasteiger partial charge on any atom is -0.310 e. The van der Waals surface area contributed by atoms with Gasteiger partial charge in [-0.15, -0.1) is 11.3 Å². The summed E-state index contributed by atoms with van der Waals surface area (Å²) in [6.07, 6.45) is 12.5. The van der Waals surface area contributed by atoms with Gasteiger partial charge >= 0.3 is 0 Å². The molecule has 1 atom stereocenters. The third-order valence-electron chi connectivity index (χ3n) is 3.79. The SMILES string of the molecule is CCCCCCCCCCC(NCC)c1csc(Br)c1. The fraction of sp³-hybridized carbons (Fsp3) is 0.765. The predicted octanol–water partition coefficient (Wildman–Crippen LogP) is 6.69. The normalized spacial score (nSPS) is 12.8. The van der Waals surface area contributed by atoms with Gasteiger partial charge < -0.3 is 5.32 Å². The average Bonchev–Trinajstić information content (AvgIpc) is 2.87. The molecule has 1 nitrogen and oxygen atoms in total. The van der Waals surface area contributed by atoms with Gasteiger partial charge in [-0.05, 0) is 45.9 Å². The topological polar surface area (TPSA) is 12.0 Å². The zero-order valence-corrected chi connectivity index (χ0v) is 15.5. The Morgan fingerprint density at radius 2 is 1.70 bits per heavy atom. The quantitative estimate of drug-likeness (QED) is 0.409. The second-order valence-electron chi connectivity index (χ2n) is 5.56. The second-order valence-corrected chi connectivity index (χ2v) is 7.85. The van der Waals surface area contributed by atoms with Crippen LogP contribution in [0.4, 0.5) is 0 Å². The molecule has 0 aromatic carbocycles. The number of thiophene rings is 1. The molecule has 3 heteroatoms. The molecule has 0 saturated heterocycles. The number of nitrogens with one attached hydrogen (secondary N) is 1. The van der Waals surface area contributed by atoms with E-state index in [9.17, 15) is 0 Å². The van der Waals surface area contributed by atoms with Crippen molar-refractivity contribution in [2.75, 3.05) is 6.54 Å². The minimum atomic E-state index is 0.544. The molecule has 1 N–H and O–H groups in total. The predicted molar refractivity (Wildman–Crippen MR) is 95.7 cm³/mol. The smallest absolute Gasteiger partial charge is 0.0701 e. The van der Waals surface area contributed by atoms with Gasteiger partial charge in [0.05, 0.1) is 3.79 Å². The first kappa shape index (κ1) is 18.2. The van der Waals surface area contributed by atoms with Gasteiger partial charge in [-0.25, -0.2) is 0 Å². The van der Waals surface area contributed by atoms with Gasteiger partial charge in [0, 0.05) is 6.04 Å². The van der Waals surface area contributed by atoms with E-state index in [2.05, 4.69) is 46.5 Å². The van der Waals surface area contributed by atoms with Gasteiger partial charge in [-0.2, -0.15) is 0 Å². The van der Waals surface area contributed by atoms with Crippen LogP contribution in [0.3, 0.4) is 0 Å². The Morgan fingerprint density at radius 1 is 1.05 bits per heavy atom. The van der Waals surface area contributed by atoms with Crippen LogP contribution in [-0.2, 0) is 0 Å². The van der Waals surface area contributed by atoms with Crippen LogP contribution in [0.15, 0.2) is 15.2 Å². The van der Waals surface area contributed by atoms with Gasteiger partial charge in [0.25, 0.3) is 0 Å². The number of halogens is 1. The van der Waals surface area contributed by atoms with Crippen LogP contribution >= 0.6 is 27.3 Å². The Bertz CT molecular complexity index is 337. The van der Waals surface area contributed by atoms with Crippen LogP contribution in [0.25, 0.3) is 0 Å². The molecule has 1 aromatic rings. The van der Waals surface area contributed by atoms with Crippen molar-refractivity contribution < 1.29 is 0 Å². The Balaban J connectivity index is 2.14. The first-order valence-corrected chi connectivity index (χ1v) is 9.92. The monoisotopic (exact) mass is 359 g/mol. The number of rotatable bonds is 12. The highest BCUT2D eigenvalue weighted by Crippen LogP contribution is 2.28. The zero-order chi connectivity index (χ0) is 14.6. The Hall–Kier alpha value is 0.140. The second kappa shape index (κ2) is 11.8. The van der Waals surface area contributed by atoms with Crippen molar-refractivity contribution in [2.24, 2.45) is 0 Å². The lowest BCUT2D eigenvalue weighted by molar-refractivity contribution is 0.475. The van der Waals surface area contributed by atoms with Crippen LogP contribution in [0.5, 0.6) is 0 Å². The fourth-order valence-electron chi connectivity index (χ4n) is 2.62. The fourth-order valence-corrected chi connectivity index (χ4v) is 3.85. The summed E-state index contributed by atoms with van der Waals surface area (Å²) in [5.41, 5.74) is 1.45. The van der Waals surface area contributed by atoms with Crippen LogP contribution in [-0.4, -0.2) is 6.54 Å². The molecule has 0 amide bonds. The van der Waals surface area contributed by atoms with E-state index >= 15 is 0 Å². The van der Waals surface area contributed by atoms with Gasteiger partial charge in [0.15, 0.2) is 0 Å². The zero-order valence-electron chi connectivity index (χ0n) is 13.1. The Morgan fingerprint density at radius 3 is 2.25 bits per heavy atom. The van der Waals surface area contributed by atoms with Crippen molar-refractivity contribution in [2.45, 2.75) is 77.7 Å². The van der Waals surface area contributed by atoms with Gasteiger partial charge in [-0.3, -0.25) is 0 Å². The molecular formula is C17H30BrNS. The lowest BCUT2D eigenvalue weighted by atomic mass is 10.0. The molecule has 116 valence electrons. The molecule has 1 aromatic heterocycles. The highest BCUT2D eigenvalue weighted by molar-refractivity contribution is 9.11. The van der Waals surface area contributed by atoms with E-state index < -0.39 is 0 Å². The molecule has 0 aliphatic carbocycles. The summed E-state index contributed by atoms with van der Waals surface area (Å²) in [5.74, 6) is 0. The Labute approximate surface area is 137 Å². The van der Waals surface area contributed by atoms with Crippen molar-refractivity contribution in [3.8, 4) is 0 Å². The summed E-state index contributed by atoms with van der Waals surface area (Å²) >= 11 is 5.36. The number of unbranched alkanes of at least 4 members (excludes halogenated alkanes) is 7. The molecule has 1 rings (SSSR count). The molecular weight excluding hydrogens is 330 g/mol. The van der Waals surface area contributed by atoms with Crippen molar-refractivity contribution in [3.05, 3.63) is 20.8 Å². The highest BCUT2D eigenvalue weighted by Gasteiger charge is 2.11. The Kier molecular flexibility index (Phi) is 10.7. The molecule has 0 radical (unpaired) electrons. The molecule has 0 aliphatic heterocycles. The van der Waals surface area contributed by atoms with Crippen molar-refractivity contribution >= 4 is 27.3 Å². The summed E-state index contributed by atoms with van der Waals surface area (Å²) in [6, 6.07) is 2.81. The lowest BCUT2D eigenvalue weighted by Gasteiger charge is -2.16. The van der Waals surface area contributed by atoms with E-state index in [0.717, 1.165) is 6.54 Å². The van der Waals surface area contributed by atoms with Crippen LogP contribution < -0.4 is 5.32 Å². The maximum atomic E-state index is 3.62.